The van der Waals surface area contributed by atoms with Crippen LogP contribution in [0.3, 0.4) is 0 Å². The minimum Gasteiger partial charge on any atom is -0.311 e. The van der Waals surface area contributed by atoms with Gasteiger partial charge in [0.15, 0.2) is 0 Å². The molecule has 0 atom stereocenters. The van der Waals surface area contributed by atoms with Crippen LogP contribution in [0.1, 0.15) is 10.6 Å². The molecule has 0 spiro atoms. The fraction of sp³-hybridized carbons (Fsp3) is 0.273. The molecule has 0 fully saturated rings. The third-order valence-corrected chi connectivity index (χ3v) is 3.66. The van der Waals surface area contributed by atoms with Crippen molar-refractivity contribution in [3.05, 3.63) is 35.0 Å². The Morgan fingerprint density at radius 2 is 2.33 bits per heavy atom. The zero-order chi connectivity index (χ0) is 10.1. The Hall–Kier alpha value is -1.26. The maximum absolute atomic E-state index is 4.61. The van der Waals surface area contributed by atoms with Crippen LogP contribution in [0.2, 0.25) is 0 Å². The van der Waals surface area contributed by atoms with Gasteiger partial charge in [0.05, 0.1) is 11.4 Å². The van der Waals surface area contributed by atoms with E-state index in [9.17, 15) is 0 Å². The maximum Gasteiger partial charge on any atom is 0.142 e. The van der Waals surface area contributed by atoms with Gasteiger partial charge in [-0.3, -0.25) is 4.98 Å². The molecule has 0 unspecified atom stereocenters. The normalized spacial score (nSPS) is 14.9. The summed E-state index contributed by atoms with van der Waals surface area (Å²) in [5.74, 6) is 0. The first-order valence-corrected chi connectivity index (χ1v) is 5.86. The van der Waals surface area contributed by atoms with Gasteiger partial charge in [0.2, 0.25) is 0 Å². The Balaban J connectivity index is 2.03. The quantitative estimate of drug-likeness (QED) is 0.792. The number of nitrogens with zero attached hydrogens (tertiary/aromatic N) is 2. The summed E-state index contributed by atoms with van der Waals surface area (Å²) in [6.07, 6.45) is 2.91. The van der Waals surface area contributed by atoms with E-state index in [1.807, 2.05) is 24.4 Å². The molecule has 0 radical (unpaired) electrons. The van der Waals surface area contributed by atoms with Gasteiger partial charge in [-0.1, -0.05) is 6.07 Å². The molecule has 76 valence electrons. The van der Waals surface area contributed by atoms with Crippen LogP contribution in [-0.4, -0.2) is 16.5 Å². The molecule has 3 nitrogen and oxygen atoms in total. The van der Waals surface area contributed by atoms with E-state index in [4.69, 9.17) is 0 Å². The number of nitrogens with one attached hydrogen (secondary N) is 1. The molecule has 0 saturated carbocycles. The van der Waals surface area contributed by atoms with Crippen molar-refractivity contribution in [1.29, 1.82) is 0 Å². The van der Waals surface area contributed by atoms with Crippen molar-refractivity contribution in [2.45, 2.75) is 13.0 Å². The molecule has 0 aromatic carbocycles. The largest absolute Gasteiger partial charge is 0.311 e. The van der Waals surface area contributed by atoms with Crippen LogP contribution in [0.15, 0.2) is 24.4 Å². The summed E-state index contributed by atoms with van der Waals surface area (Å²) in [5.41, 5.74) is 2.18. The first-order valence-electron chi connectivity index (χ1n) is 5.04. The van der Waals surface area contributed by atoms with Crippen molar-refractivity contribution in [3.8, 4) is 10.7 Å². The second-order valence-corrected chi connectivity index (χ2v) is 4.61. The van der Waals surface area contributed by atoms with Crippen LogP contribution in [0.25, 0.3) is 10.7 Å². The van der Waals surface area contributed by atoms with Crippen molar-refractivity contribution in [3.63, 3.8) is 0 Å². The summed E-state index contributed by atoms with van der Waals surface area (Å²) in [4.78, 5) is 10.3. The third kappa shape index (κ3) is 1.66. The highest BCUT2D eigenvalue weighted by atomic mass is 32.1. The highest BCUT2D eigenvalue weighted by Crippen LogP contribution is 2.28. The summed E-state index contributed by atoms with van der Waals surface area (Å²) >= 11 is 1.77. The van der Waals surface area contributed by atoms with E-state index in [1.165, 1.54) is 10.6 Å². The molecule has 3 heterocycles. The molecule has 2 aromatic heterocycles. The summed E-state index contributed by atoms with van der Waals surface area (Å²) in [5, 5.41) is 4.38. The molecule has 15 heavy (non-hydrogen) atoms. The van der Waals surface area contributed by atoms with Crippen molar-refractivity contribution < 1.29 is 0 Å². The molecule has 0 aliphatic carbocycles. The average molecular weight is 217 g/mol. The van der Waals surface area contributed by atoms with Gasteiger partial charge in [0, 0.05) is 24.2 Å². The van der Waals surface area contributed by atoms with Crippen LogP contribution in [-0.2, 0) is 13.0 Å². The van der Waals surface area contributed by atoms with E-state index < -0.39 is 0 Å². The number of pyridine rings is 1. The lowest BCUT2D eigenvalue weighted by molar-refractivity contribution is 0.639. The number of fused-ring (bicyclic) bond motifs is 1. The highest BCUT2D eigenvalue weighted by molar-refractivity contribution is 7.15. The average Bonchev–Trinajstić information content (AvgIpc) is 2.74. The predicted octanol–water partition coefficient (Wildman–Crippen LogP) is 1.85. The van der Waals surface area contributed by atoms with Crippen LogP contribution >= 0.6 is 11.3 Å². The summed E-state index contributed by atoms with van der Waals surface area (Å²) in [6, 6.07) is 5.94. The molecule has 0 saturated heterocycles. The maximum atomic E-state index is 4.61. The lowest BCUT2D eigenvalue weighted by Gasteiger charge is -2.09. The lowest BCUT2D eigenvalue weighted by atomic mass is 10.2. The summed E-state index contributed by atoms with van der Waals surface area (Å²) in [7, 11) is 0. The number of aromatic nitrogens is 2. The number of rotatable bonds is 1. The molecule has 0 amide bonds. The highest BCUT2D eigenvalue weighted by Gasteiger charge is 2.15. The number of hydrogen-bond acceptors (Lipinski definition) is 4. The predicted molar refractivity (Wildman–Crippen MR) is 60.8 cm³/mol. The van der Waals surface area contributed by atoms with Crippen LogP contribution in [0, 0.1) is 0 Å². The van der Waals surface area contributed by atoms with E-state index in [-0.39, 0.29) is 0 Å². The van der Waals surface area contributed by atoms with Gasteiger partial charge >= 0.3 is 0 Å². The van der Waals surface area contributed by atoms with E-state index in [2.05, 4.69) is 15.3 Å². The smallest absolute Gasteiger partial charge is 0.142 e. The zero-order valence-corrected chi connectivity index (χ0v) is 9.05. The van der Waals surface area contributed by atoms with Gasteiger partial charge in [0.1, 0.15) is 5.01 Å². The topological polar surface area (TPSA) is 37.8 Å². The van der Waals surface area contributed by atoms with Gasteiger partial charge in [-0.05, 0) is 18.6 Å². The van der Waals surface area contributed by atoms with Gasteiger partial charge in [-0.2, -0.15) is 0 Å². The fourth-order valence-electron chi connectivity index (χ4n) is 1.72. The van der Waals surface area contributed by atoms with E-state index in [0.29, 0.717) is 0 Å². The molecule has 3 rings (SSSR count). The van der Waals surface area contributed by atoms with Crippen molar-refractivity contribution >= 4 is 11.3 Å². The number of hydrogen-bond donors (Lipinski definition) is 1. The van der Waals surface area contributed by atoms with Crippen LogP contribution in [0.4, 0.5) is 0 Å². The molecular weight excluding hydrogens is 206 g/mol. The van der Waals surface area contributed by atoms with Crippen molar-refractivity contribution in [2.75, 3.05) is 6.54 Å². The third-order valence-electron chi connectivity index (χ3n) is 2.48. The van der Waals surface area contributed by atoms with E-state index in [1.54, 1.807) is 11.3 Å². The SMILES string of the molecule is c1ccc(-c2nc3c(s2)CCNC3)nc1. The fourth-order valence-corrected chi connectivity index (χ4v) is 2.78. The molecule has 1 aliphatic rings. The molecule has 0 bridgehead atoms. The molecule has 2 aromatic rings. The minimum atomic E-state index is 0.901. The Morgan fingerprint density at radius 3 is 3.13 bits per heavy atom. The first-order chi connectivity index (χ1) is 7.43. The molecule has 4 heteroatoms. The zero-order valence-electron chi connectivity index (χ0n) is 8.23. The first kappa shape index (κ1) is 9.00. The van der Waals surface area contributed by atoms with Crippen molar-refractivity contribution in [2.24, 2.45) is 0 Å². The van der Waals surface area contributed by atoms with Crippen LogP contribution < -0.4 is 5.32 Å². The van der Waals surface area contributed by atoms with Gasteiger partial charge < -0.3 is 5.32 Å². The van der Waals surface area contributed by atoms with Gasteiger partial charge in [0.25, 0.3) is 0 Å². The Bertz CT molecular complexity index is 440. The minimum absolute atomic E-state index is 0.901. The molecule has 1 aliphatic heterocycles. The van der Waals surface area contributed by atoms with Gasteiger partial charge in [-0.25, -0.2) is 4.98 Å². The molecule has 1 N–H and O–H groups in total. The second-order valence-electron chi connectivity index (χ2n) is 3.53. The Morgan fingerprint density at radius 1 is 1.33 bits per heavy atom. The number of thiazole rings is 1. The summed E-state index contributed by atoms with van der Waals surface area (Å²) < 4.78 is 0. The van der Waals surface area contributed by atoms with E-state index in [0.717, 1.165) is 30.2 Å². The summed E-state index contributed by atoms with van der Waals surface area (Å²) in [6.45, 7) is 1.97. The Labute approximate surface area is 92.2 Å². The second kappa shape index (κ2) is 3.72. The monoisotopic (exact) mass is 217 g/mol. The Kier molecular flexibility index (Phi) is 2.23. The van der Waals surface area contributed by atoms with Crippen LogP contribution in [0.5, 0.6) is 0 Å². The van der Waals surface area contributed by atoms with E-state index >= 15 is 0 Å². The standard InChI is InChI=1S/C11H11N3S/c1-2-5-13-8(3-1)11-14-9-7-12-6-4-10(9)15-11/h1-3,5,12H,4,6-7H2. The van der Waals surface area contributed by atoms with Gasteiger partial charge in [-0.15, -0.1) is 11.3 Å². The van der Waals surface area contributed by atoms with Crippen molar-refractivity contribution in [1.82, 2.24) is 15.3 Å². The molecular formula is C11H11N3S. The lowest BCUT2D eigenvalue weighted by Crippen LogP contribution is -2.22.